The van der Waals surface area contributed by atoms with Crippen molar-refractivity contribution in [3.8, 4) is 0 Å². The average Bonchev–Trinajstić information content (AvgIpc) is 2.71. The molecule has 1 aromatic heterocycles. The van der Waals surface area contributed by atoms with Crippen LogP contribution in [0.4, 0.5) is 5.82 Å². The predicted octanol–water partition coefficient (Wildman–Crippen LogP) is 3.31. The molecule has 2 heterocycles. The summed E-state index contributed by atoms with van der Waals surface area (Å²) in [6, 6.07) is 0.255. The number of aromatic nitrogens is 2. The largest absolute Gasteiger partial charge is 0.381 e. The highest BCUT2D eigenvalue weighted by Gasteiger charge is 2.33. The third-order valence-electron chi connectivity index (χ3n) is 4.79. The minimum atomic E-state index is -0.504. The monoisotopic (exact) mass is 336 g/mol. The zero-order valence-electron chi connectivity index (χ0n) is 15.1. The van der Waals surface area contributed by atoms with Gasteiger partial charge >= 0.3 is 5.82 Å². The molecule has 0 aliphatic carbocycles. The van der Waals surface area contributed by atoms with Crippen LogP contribution in [0.5, 0.6) is 0 Å². The number of imidazole rings is 1. The van der Waals surface area contributed by atoms with Crippen molar-refractivity contribution in [3.05, 3.63) is 22.1 Å². The summed E-state index contributed by atoms with van der Waals surface area (Å²) in [6.07, 6.45) is 6.19. The minimum Gasteiger partial charge on any atom is -0.358 e. The highest BCUT2D eigenvalue weighted by Crippen LogP contribution is 2.31. The summed E-state index contributed by atoms with van der Waals surface area (Å²) in [5, 5.41) is 10.8. The lowest BCUT2D eigenvalue weighted by molar-refractivity contribution is -0.389. The van der Waals surface area contributed by atoms with E-state index in [0.717, 1.165) is 19.4 Å². The van der Waals surface area contributed by atoms with Gasteiger partial charge in [-0.15, -0.1) is 0 Å². The molecule has 0 saturated carbocycles. The second kappa shape index (κ2) is 7.32. The Morgan fingerprint density at radius 2 is 2.08 bits per heavy atom. The molecule has 0 bridgehead atoms. The number of nitro groups is 1. The van der Waals surface area contributed by atoms with Crippen molar-refractivity contribution < 1.29 is 9.72 Å². The van der Waals surface area contributed by atoms with Crippen molar-refractivity contribution in [2.24, 2.45) is 5.41 Å². The van der Waals surface area contributed by atoms with Gasteiger partial charge in [-0.3, -0.25) is 4.79 Å². The molecule has 0 radical (unpaired) electrons. The lowest BCUT2D eigenvalue weighted by atomic mass is 9.83. The molecular formula is C17H28N4O3. The molecule has 0 spiro atoms. The van der Waals surface area contributed by atoms with Gasteiger partial charge in [0.15, 0.2) is 0 Å². The third-order valence-corrected chi connectivity index (χ3v) is 4.79. The van der Waals surface area contributed by atoms with Crippen LogP contribution >= 0.6 is 0 Å². The van der Waals surface area contributed by atoms with E-state index in [0.29, 0.717) is 18.8 Å². The second-order valence-corrected chi connectivity index (χ2v) is 7.67. The molecule has 1 fully saturated rings. The topological polar surface area (TPSA) is 81.3 Å². The number of likely N-dealkylation sites (tertiary alicyclic amines) is 1. The fraction of sp³-hybridized carbons (Fsp3) is 0.765. The minimum absolute atomic E-state index is 0.0592. The smallest absolute Gasteiger partial charge is 0.358 e. The van der Waals surface area contributed by atoms with Crippen LogP contribution in [0.2, 0.25) is 0 Å². The Morgan fingerprint density at radius 3 is 2.67 bits per heavy atom. The average molecular weight is 336 g/mol. The number of hydrogen-bond donors (Lipinski definition) is 0. The van der Waals surface area contributed by atoms with Crippen molar-refractivity contribution in [2.45, 2.75) is 72.4 Å². The van der Waals surface area contributed by atoms with Gasteiger partial charge < -0.3 is 19.6 Å². The summed E-state index contributed by atoms with van der Waals surface area (Å²) in [5.74, 6) is 0.535. The summed E-state index contributed by atoms with van der Waals surface area (Å²) >= 11 is 0. The molecule has 7 nitrogen and oxygen atoms in total. The van der Waals surface area contributed by atoms with Crippen molar-refractivity contribution in [3.63, 3.8) is 0 Å². The fourth-order valence-electron chi connectivity index (χ4n) is 3.47. The van der Waals surface area contributed by atoms with Crippen LogP contribution in [0.3, 0.4) is 0 Å². The Labute approximate surface area is 143 Å². The van der Waals surface area contributed by atoms with E-state index in [4.69, 9.17) is 0 Å². The van der Waals surface area contributed by atoms with Gasteiger partial charge in [-0.25, -0.2) is 0 Å². The van der Waals surface area contributed by atoms with E-state index in [1.807, 2.05) is 4.90 Å². The Balaban J connectivity index is 2.05. The van der Waals surface area contributed by atoms with Crippen LogP contribution in [0.15, 0.2) is 6.20 Å². The number of amides is 1. The summed E-state index contributed by atoms with van der Waals surface area (Å²) in [5.41, 5.74) is 0.0592. The maximum absolute atomic E-state index is 12.8. The molecule has 2 rings (SSSR count). The molecule has 0 N–H and O–H groups in total. The van der Waals surface area contributed by atoms with E-state index in [1.54, 1.807) is 11.5 Å². The van der Waals surface area contributed by atoms with Crippen LogP contribution in [0.25, 0.3) is 0 Å². The normalized spacial score (nSPS) is 19.2. The number of nitrogens with zero attached hydrogens (tertiary/aromatic N) is 4. The van der Waals surface area contributed by atoms with E-state index in [9.17, 15) is 14.9 Å². The van der Waals surface area contributed by atoms with E-state index in [1.165, 1.54) is 19.0 Å². The molecule has 1 saturated heterocycles. The summed E-state index contributed by atoms with van der Waals surface area (Å²) in [7, 11) is 0. The SMILES string of the molecule is Cc1nc([N+](=O)[O-])cn1CCC(=O)N1CCCCC[C@@H]1C(C)(C)C. The van der Waals surface area contributed by atoms with E-state index in [2.05, 4.69) is 25.8 Å². The van der Waals surface area contributed by atoms with Gasteiger partial charge in [-0.2, -0.15) is 0 Å². The molecule has 134 valence electrons. The zero-order valence-corrected chi connectivity index (χ0v) is 15.1. The second-order valence-electron chi connectivity index (χ2n) is 7.67. The number of carbonyl (C=O) groups is 1. The molecule has 1 amide bonds. The maximum atomic E-state index is 12.8. The van der Waals surface area contributed by atoms with Crippen LogP contribution < -0.4 is 0 Å². The summed E-state index contributed by atoms with van der Waals surface area (Å²) < 4.78 is 1.69. The zero-order chi connectivity index (χ0) is 17.9. The first-order valence-corrected chi connectivity index (χ1v) is 8.68. The number of hydrogen-bond acceptors (Lipinski definition) is 4. The van der Waals surface area contributed by atoms with Crippen molar-refractivity contribution in [1.29, 1.82) is 0 Å². The maximum Gasteiger partial charge on any atom is 0.381 e. The molecule has 1 aliphatic rings. The molecular weight excluding hydrogens is 308 g/mol. The van der Waals surface area contributed by atoms with Crippen LogP contribution in [0.1, 0.15) is 58.7 Å². The van der Waals surface area contributed by atoms with E-state index >= 15 is 0 Å². The van der Waals surface area contributed by atoms with Gasteiger partial charge in [-0.1, -0.05) is 33.6 Å². The Bertz CT molecular complexity index is 603. The van der Waals surface area contributed by atoms with Gasteiger partial charge in [-0.05, 0) is 28.2 Å². The highest BCUT2D eigenvalue weighted by atomic mass is 16.6. The highest BCUT2D eigenvalue weighted by molar-refractivity contribution is 5.76. The predicted molar refractivity (Wildman–Crippen MR) is 91.7 cm³/mol. The van der Waals surface area contributed by atoms with Crippen molar-refractivity contribution in [2.75, 3.05) is 6.54 Å². The quantitative estimate of drug-likeness (QED) is 0.624. The van der Waals surface area contributed by atoms with Crippen LogP contribution in [0, 0.1) is 22.5 Å². The Morgan fingerprint density at radius 1 is 1.38 bits per heavy atom. The molecule has 24 heavy (non-hydrogen) atoms. The van der Waals surface area contributed by atoms with Gasteiger partial charge in [0.05, 0.1) is 0 Å². The van der Waals surface area contributed by atoms with Crippen LogP contribution in [-0.2, 0) is 11.3 Å². The Kier molecular flexibility index (Phi) is 5.62. The first kappa shape index (κ1) is 18.4. The first-order valence-electron chi connectivity index (χ1n) is 8.68. The lowest BCUT2D eigenvalue weighted by Gasteiger charge is -2.39. The van der Waals surface area contributed by atoms with Crippen molar-refractivity contribution >= 4 is 11.7 Å². The van der Waals surface area contributed by atoms with E-state index < -0.39 is 4.92 Å². The third kappa shape index (κ3) is 4.33. The molecule has 1 aromatic rings. The number of rotatable bonds is 4. The van der Waals surface area contributed by atoms with Gasteiger partial charge in [0.25, 0.3) is 0 Å². The summed E-state index contributed by atoms with van der Waals surface area (Å²) in [6.45, 7) is 9.52. The van der Waals surface area contributed by atoms with Gasteiger partial charge in [0, 0.05) is 32.5 Å². The van der Waals surface area contributed by atoms with Crippen LogP contribution in [-0.4, -0.2) is 37.9 Å². The molecule has 1 atom stereocenters. The molecule has 1 aliphatic heterocycles. The lowest BCUT2D eigenvalue weighted by Crippen LogP contribution is -2.47. The van der Waals surface area contributed by atoms with Crippen molar-refractivity contribution in [1.82, 2.24) is 14.5 Å². The summed E-state index contributed by atoms with van der Waals surface area (Å²) in [4.78, 5) is 29.0. The van der Waals surface area contributed by atoms with E-state index in [-0.39, 0.29) is 23.2 Å². The standard InChI is InChI=1S/C17H28N4O3/c1-13-18-15(21(23)24)12-19(13)11-9-16(22)20-10-7-5-6-8-14(20)17(2,3)4/h12,14H,5-11H2,1-4H3/t14-/m1/s1. The molecule has 7 heteroatoms. The first-order chi connectivity index (χ1) is 11.2. The van der Waals surface area contributed by atoms with Gasteiger partial charge in [0.1, 0.15) is 6.20 Å². The molecule has 0 unspecified atom stereocenters. The Hall–Kier alpha value is -1.92. The van der Waals surface area contributed by atoms with Gasteiger partial charge in [0.2, 0.25) is 11.7 Å². The fourth-order valence-corrected chi connectivity index (χ4v) is 3.47. The number of aryl methyl sites for hydroxylation is 2. The number of carbonyl (C=O) groups excluding carboxylic acids is 1. The molecule has 0 aromatic carbocycles.